The first-order chi connectivity index (χ1) is 17.3. The van der Waals surface area contributed by atoms with E-state index in [1.165, 1.54) is 0 Å². The minimum absolute atomic E-state index is 0.155. The lowest BCUT2D eigenvalue weighted by molar-refractivity contribution is -0.130. The number of amides is 2. The maximum Gasteiger partial charge on any atom is 0.249 e. The molecule has 4 aromatic rings. The maximum absolute atomic E-state index is 13.6. The van der Waals surface area contributed by atoms with E-state index >= 15 is 0 Å². The molecule has 3 heterocycles. The summed E-state index contributed by atoms with van der Waals surface area (Å²) in [7, 11) is 0. The van der Waals surface area contributed by atoms with E-state index in [2.05, 4.69) is 30.9 Å². The minimum atomic E-state index is -1.07. The molecule has 0 saturated carbocycles. The maximum atomic E-state index is 13.6. The predicted octanol–water partition coefficient (Wildman–Crippen LogP) is 2.56. The highest BCUT2D eigenvalue weighted by Crippen LogP contribution is 2.31. The molecule has 5 N–H and O–H groups in total. The lowest BCUT2D eigenvalue weighted by atomic mass is 9.98. The topological polar surface area (TPSA) is 146 Å². The van der Waals surface area contributed by atoms with Crippen LogP contribution >= 0.6 is 0 Å². The van der Waals surface area contributed by atoms with Gasteiger partial charge in [0.2, 0.25) is 17.6 Å². The number of tetrazole rings is 1. The molecule has 10 nitrogen and oxygen atoms in total. The Balaban J connectivity index is 1.40. The lowest BCUT2D eigenvalue weighted by Crippen LogP contribution is -2.56. The van der Waals surface area contributed by atoms with Gasteiger partial charge in [-0.25, -0.2) is 0 Å². The quantitative estimate of drug-likeness (QED) is 0.331. The van der Waals surface area contributed by atoms with Gasteiger partial charge in [0.05, 0.1) is 17.8 Å². The zero-order valence-corrected chi connectivity index (χ0v) is 20.2. The van der Waals surface area contributed by atoms with E-state index < -0.39 is 11.6 Å². The Labute approximate surface area is 208 Å². The number of hydrogen-bond acceptors (Lipinski definition) is 6. The number of nitrogens with zero attached hydrogens (tertiary/aromatic N) is 4. The van der Waals surface area contributed by atoms with Crippen molar-refractivity contribution < 1.29 is 9.59 Å². The van der Waals surface area contributed by atoms with Crippen LogP contribution in [0.3, 0.4) is 0 Å². The summed E-state index contributed by atoms with van der Waals surface area (Å²) in [5, 5.41) is 17.2. The second-order valence-electron chi connectivity index (χ2n) is 9.53. The van der Waals surface area contributed by atoms with Crippen molar-refractivity contribution in [3.05, 3.63) is 72.1 Å². The largest absolute Gasteiger partial charge is 0.363 e. The van der Waals surface area contributed by atoms with Crippen LogP contribution in [-0.2, 0) is 22.6 Å². The first-order valence-corrected chi connectivity index (χ1v) is 11.8. The van der Waals surface area contributed by atoms with E-state index in [4.69, 9.17) is 5.73 Å². The molecule has 0 saturated heterocycles. The van der Waals surface area contributed by atoms with Crippen molar-refractivity contribution in [1.29, 1.82) is 0 Å². The molecule has 0 radical (unpaired) electrons. The number of aryl methyl sites for hydroxylation is 1. The van der Waals surface area contributed by atoms with Gasteiger partial charge < -0.3 is 20.9 Å². The molecule has 2 aromatic heterocycles. The van der Waals surface area contributed by atoms with Crippen molar-refractivity contribution in [2.24, 2.45) is 5.73 Å². The summed E-state index contributed by atoms with van der Waals surface area (Å²) in [6, 6.07) is 17.2. The van der Waals surface area contributed by atoms with Crippen LogP contribution in [0.25, 0.3) is 22.5 Å². The van der Waals surface area contributed by atoms with Crippen LogP contribution in [-0.4, -0.2) is 49.0 Å². The number of fused-ring (bicyclic) bond motifs is 1. The highest BCUT2D eigenvalue weighted by Gasteiger charge is 2.34. The zero-order valence-electron chi connectivity index (χ0n) is 20.2. The van der Waals surface area contributed by atoms with Crippen LogP contribution in [0.5, 0.6) is 0 Å². The standard InChI is InChI=1S/C26H28N8O2/c1-26(2,27)25(36)29-21-12-11-20-22(13-14-28-20)34(24(21)35)15-16-7-9-17(10-8-16)18-5-3-4-6-19(18)23-30-32-33-31-23/h3-10,13-14,21,28H,11-12,15,27H2,1-2H3,(H,29,36)(H,30,31,32,33)/t21-/m1/s1. The highest BCUT2D eigenvalue weighted by atomic mass is 16.2. The molecule has 0 aliphatic carbocycles. The van der Waals surface area contributed by atoms with Gasteiger partial charge in [0.1, 0.15) is 6.04 Å². The van der Waals surface area contributed by atoms with E-state index in [1.807, 2.05) is 60.8 Å². The van der Waals surface area contributed by atoms with Crippen LogP contribution in [0.15, 0.2) is 60.8 Å². The second-order valence-corrected chi connectivity index (χ2v) is 9.53. The average molecular weight is 485 g/mol. The SMILES string of the molecule is CC(C)(N)C(=O)N[C@@H]1CCc2[nH]ccc2N(Cc2ccc(-c3ccccc3-c3nn[nH]n3)cc2)C1=O. The fraction of sp³-hybridized carbons (Fsp3) is 0.269. The lowest BCUT2D eigenvalue weighted by Gasteiger charge is -2.27. The second kappa shape index (κ2) is 9.38. The highest BCUT2D eigenvalue weighted by molar-refractivity contribution is 6.01. The van der Waals surface area contributed by atoms with Crippen LogP contribution in [0.2, 0.25) is 0 Å². The summed E-state index contributed by atoms with van der Waals surface area (Å²) in [5.74, 6) is 0.0204. The Morgan fingerprint density at radius 2 is 1.89 bits per heavy atom. The first kappa shape index (κ1) is 23.4. The number of aromatic amines is 2. The molecule has 1 aliphatic heterocycles. The Morgan fingerprint density at radius 1 is 1.14 bits per heavy atom. The van der Waals surface area contributed by atoms with Gasteiger partial charge in [0.15, 0.2) is 0 Å². The molecule has 0 unspecified atom stereocenters. The zero-order chi connectivity index (χ0) is 25.3. The van der Waals surface area contributed by atoms with E-state index in [0.29, 0.717) is 25.2 Å². The molecule has 0 fully saturated rings. The Hall–Kier alpha value is -4.31. The van der Waals surface area contributed by atoms with E-state index in [9.17, 15) is 9.59 Å². The van der Waals surface area contributed by atoms with Crippen LogP contribution < -0.4 is 16.0 Å². The third-order valence-corrected chi connectivity index (χ3v) is 6.36. The van der Waals surface area contributed by atoms with E-state index in [0.717, 1.165) is 33.6 Å². The van der Waals surface area contributed by atoms with Gasteiger partial charge in [-0.15, -0.1) is 10.2 Å². The Morgan fingerprint density at radius 3 is 2.58 bits per heavy atom. The summed E-state index contributed by atoms with van der Waals surface area (Å²) in [5.41, 5.74) is 10.5. The smallest absolute Gasteiger partial charge is 0.249 e. The number of anilines is 1. The van der Waals surface area contributed by atoms with Crippen molar-refractivity contribution in [3.8, 4) is 22.5 Å². The normalized spacial score (nSPS) is 15.9. The van der Waals surface area contributed by atoms with Crippen molar-refractivity contribution in [3.63, 3.8) is 0 Å². The van der Waals surface area contributed by atoms with Crippen molar-refractivity contribution in [2.45, 2.75) is 44.8 Å². The summed E-state index contributed by atoms with van der Waals surface area (Å²) >= 11 is 0. The summed E-state index contributed by atoms with van der Waals surface area (Å²) in [6.45, 7) is 3.62. The van der Waals surface area contributed by atoms with E-state index in [-0.39, 0.29) is 11.8 Å². The Kier molecular flexibility index (Phi) is 6.11. The molecule has 36 heavy (non-hydrogen) atoms. The fourth-order valence-electron chi connectivity index (χ4n) is 4.39. The molecule has 5 rings (SSSR count). The number of benzene rings is 2. The number of carbonyl (C=O) groups excluding carboxylic acids is 2. The summed E-state index contributed by atoms with van der Waals surface area (Å²) in [4.78, 5) is 31.1. The van der Waals surface area contributed by atoms with Crippen molar-refractivity contribution >= 4 is 17.5 Å². The van der Waals surface area contributed by atoms with Gasteiger partial charge >= 0.3 is 0 Å². The number of nitrogens with one attached hydrogen (secondary N) is 3. The molecule has 184 valence electrons. The molecular weight excluding hydrogens is 456 g/mol. The predicted molar refractivity (Wildman–Crippen MR) is 136 cm³/mol. The number of carbonyl (C=O) groups is 2. The van der Waals surface area contributed by atoms with Gasteiger partial charge in [-0.2, -0.15) is 5.21 Å². The number of nitrogens with two attached hydrogens (primary N) is 1. The number of H-pyrrole nitrogens is 2. The molecule has 2 aromatic carbocycles. The number of hydrogen-bond donors (Lipinski definition) is 4. The van der Waals surface area contributed by atoms with Crippen LogP contribution in [0, 0.1) is 0 Å². The molecule has 0 bridgehead atoms. The van der Waals surface area contributed by atoms with Crippen LogP contribution in [0.1, 0.15) is 31.5 Å². The molecule has 1 atom stereocenters. The van der Waals surface area contributed by atoms with Gasteiger partial charge in [0.25, 0.3) is 0 Å². The fourth-order valence-corrected chi connectivity index (χ4v) is 4.39. The van der Waals surface area contributed by atoms with E-state index in [1.54, 1.807) is 18.7 Å². The molecule has 0 spiro atoms. The Bertz CT molecular complexity index is 1370. The minimum Gasteiger partial charge on any atom is -0.363 e. The first-order valence-electron chi connectivity index (χ1n) is 11.8. The summed E-state index contributed by atoms with van der Waals surface area (Å²) in [6.07, 6.45) is 2.98. The van der Waals surface area contributed by atoms with Crippen molar-refractivity contribution in [2.75, 3.05) is 4.90 Å². The third kappa shape index (κ3) is 4.63. The monoisotopic (exact) mass is 484 g/mol. The van der Waals surface area contributed by atoms with Gasteiger partial charge in [0, 0.05) is 17.5 Å². The number of rotatable bonds is 6. The molecular formula is C26H28N8O2. The van der Waals surface area contributed by atoms with Gasteiger partial charge in [-0.1, -0.05) is 48.5 Å². The number of aromatic nitrogens is 5. The molecule has 1 aliphatic rings. The van der Waals surface area contributed by atoms with Gasteiger partial charge in [-0.05, 0) is 54.7 Å². The molecule has 10 heteroatoms. The van der Waals surface area contributed by atoms with Gasteiger partial charge in [-0.3, -0.25) is 9.59 Å². The summed E-state index contributed by atoms with van der Waals surface area (Å²) < 4.78 is 0. The van der Waals surface area contributed by atoms with Crippen LogP contribution in [0.4, 0.5) is 5.69 Å². The molecule has 2 amide bonds. The average Bonchev–Trinajstić information content (AvgIpc) is 3.55. The van der Waals surface area contributed by atoms with Crippen molar-refractivity contribution in [1.82, 2.24) is 30.9 Å². The third-order valence-electron chi connectivity index (χ3n) is 6.36.